The van der Waals surface area contributed by atoms with Gasteiger partial charge in [0, 0.05) is 0 Å². The molecule has 0 fully saturated rings. The average molecular weight is 290 g/mol. The molecule has 118 valence electrons. The van der Waals surface area contributed by atoms with Crippen LogP contribution < -0.4 is 0 Å². The Bertz CT molecular complexity index is 426. The zero-order valence-corrected chi connectivity index (χ0v) is 14.2. The van der Waals surface area contributed by atoms with Gasteiger partial charge in [0.15, 0.2) is 0 Å². The second kappa shape index (κ2) is 8.21. The second-order valence-electron chi connectivity index (χ2n) is 6.51. The van der Waals surface area contributed by atoms with Crippen molar-refractivity contribution in [2.75, 3.05) is 0 Å². The molecule has 1 aromatic carbocycles. The largest absolute Gasteiger partial charge is 0.460 e. The van der Waals surface area contributed by atoms with Gasteiger partial charge in [0.1, 0.15) is 6.61 Å². The molecule has 0 spiro atoms. The van der Waals surface area contributed by atoms with Gasteiger partial charge in [-0.2, -0.15) is 0 Å². The van der Waals surface area contributed by atoms with Gasteiger partial charge in [-0.3, -0.25) is 4.79 Å². The minimum Gasteiger partial charge on any atom is -0.460 e. The second-order valence-corrected chi connectivity index (χ2v) is 6.51. The fraction of sp³-hybridized carbons (Fsp3) is 0.632. The van der Waals surface area contributed by atoms with E-state index in [1.807, 2.05) is 30.3 Å². The minimum atomic E-state index is -0.390. The average Bonchev–Trinajstić information content (AvgIpc) is 2.52. The van der Waals surface area contributed by atoms with Crippen LogP contribution in [-0.2, 0) is 16.1 Å². The molecule has 0 saturated carbocycles. The molecule has 3 unspecified atom stereocenters. The van der Waals surface area contributed by atoms with Crippen molar-refractivity contribution >= 4 is 5.97 Å². The highest BCUT2D eigenvalue weighted by atomic mass is 16.5. The topological polar surface area (TPSA) is 26.3 Å². The highest BCUT2D eigenvalue weighted by Gasteiger charge is 2.40. The molecular weight excluding hydrogens is 260 g/mol. The normalized spacial score (nSPS) is 16.8. The van der Waals surface area contributed by atoms with E-state index in [2.05, 4.69) is 34.6 Å². The van der Waals surface area contributed by atoms with E-state index in [1.54, 1.807) is 0 Å². The van der Waals surface area contributed by atoms with Crippen molar-refractivity contribution in [3.8, 4) is 0 Å². The highest BCUT2D eigenvalue weighted by Crippen LogP contribution is 2.38. The smallest absolute Gasteiger partial charge is 0.312 e. The fourth-order valence-electron chi connectivity index (χ4n) is 2.69. The van der Waals surface area contributed by atoms with Crippen molar-refractivity contribution in [1.29, 1.82) is 0 Å². The summed E-state index contributed by atoms with van der Waals surface area (Å²) in [6, 6.07) is 9.88. The third-order valence-corrected chi connectivity index (χ3v) is 4.85. The maximum Gasteiger partial charge on any atom is 0.312 e. The highest BCUT2D eigenvalue weighted by molar-refractivity contribution is 5.76. The molecule has 21 heavy (non-hydrogen) atoms. The molecule has 3 atom stereocenters. The Balaban J connectivity index is 2.75. The van der Waals surface area contributed by atoms with Gasteiger partial charge < -0.3 is 4.74 Å². The molecular formula is C19H30O2. The Labute approximate surface area is 129 Å². The van der Waals surface area contributed by atoms with Crippen LogP contribution in [0.3, 0.4) is 0 Å². The van der Waals surface area contributed by atoms with Gasteiger partial charge in [-0.1, -0.05) is 70.9 Å². The Morgan fingerprint density at radius 1 is 1.14 bits per heavy atom. The van der Waals surface area contributed by atoms with Crippen LogP contribution in [0.5, 0.6) is 0 Å². The first-order valence-corrected chi connectivity index (χ1v) is 8.15. The summed E-state index contributed by atoms with van der Waals surface area (Å²) in [6.07, 6.45) is 2.98. The first kappa shape index (κ1) is 17.7. The molecule has 0 aromatic heterocycles. The Kier molecular flexibility index (Phi) is 6.94. The lowest BCUT2D eigenvalue weighted by atomic mass is 9.71. The van der Waals surface area contributed by atoms with Gasteiger partial charge >= 0.3 is 5.97 Å². The molecule has 1 rings (SSSR count). The van der Waals surface area contributed by atoms with Crippen LogP contribution in [0.4, 0.5) is 0 Å². The quantitative estimate of drug-likeness (QED) is 0.614. The predicted molar refractivity (Wildman–Crippen MR) is 87.9 cm³/mol. The minimum absolute atomic E-state index is 0.0546. The molecule has 0 aliphatic carbocycles. The SMILES string of the molecule is CCC(C)CC(C)(C(=O)OCc1ccccc1)C(C)CC. The van der Waals surface area contributed by atoms with Crippen molar-refractivity contribution < 1.29 is 9.53 Å². The predicted octanol–water partition coefficient (Wildman–Crippen LogP) is 5.22. The molecule has 2 heteroatoms. The Morgan fingerprint density at radius 2 is 1.76 bits per heavy atom. The number of rotatable bonds is 8. The molecule has 0 saturated heterocycles. The van der Waals surface area contributed by atoms with Crippen LogP contribution in [0, 0.1) is 17.3 Å². The maximum absolute atomic E-state index is 12.7. The molecule has 0 aliphatic heterocycles. The van der Waals surface area contributed by atoms with Gasteiger partial charge in [0.25, 0.3) is 0 Å². The van der Waals surface area contributed by atoms with E-state index < -0.39 is 0 Å². The number of hydrogen-bond acceptors (Lipinski definition) is 2. The lowest BCUT2D eigenvalue weighted by Crippen LogP contribution is -2.37. The maximum atomic E-state index is 12.7. The van der Waals surface area contributed by atoms with Crippen molar-refractivity contribution in [2.45, 2.75) is 60.5 Å². The van der Waals surface area contributed by atoms with Gasteiger partial charge in [0.05, 0.1) is 5.41 Å². The zero-order chi connectivity index (χ0) is 15.9. The van der Waals surface area contributed by atoms with E-state index in [0.29, 0.717) is 18.4 Å². The van der Waals surface area contributed by atoms with Crippen LogP contribution in [-0.4, -0.2) is 5.97 Å². The van der Waals surface area contributed by atoms with Crippen LogP contribution in [0.2, 0.25) is 0 Å². The number of esters is 1. The van der Waals surface area contributed by atoms with Crippen LogP contribution in [0.25, 0.3) is 0 Å². The van der Waals surface area contributed by atoms with Crippen LogP contribution in [0.15, 0.2) is 30.3 Å². The molecule has 0 heterocycles. The molecule has 0 amide bonds. The lowest BCUT2D eigenvalue weighted by molar-refractivity contribution is -0.161. The van der Waals surface area contributed by atoms with Crippen LogP contribution in [0.1, 0.15) is 59.4 Å². The molecule has 0 bridgehead atoms. The van der Waals surface area contributed by atoms with E-state index in [1.165, 1.54) is 0 Å². The van der Waals surface area contributed by atoms with Crippen molar-refractivity contribution in [3.63, 3.8) is 0 Å². The first-order chi connectivity index (χ1) is 9.93. The number of ether oxygens (including phenoxy) is 1. The summed E-state index contributed by atoms with van der Waals surface area (Å²) in [6.45, 7) is 11.1. The summed E-state index contributed by atoms with van der Waals surface area (Å²) in [5.41, 5.74) is 0.653. The van der Waals surface area contributed by atoms with E-state index >= 15 is 0 Å². The van der Waals surface area contributed by atoms with Crippen LogP contribution >= 0.6 is 0 Å². The van der Waals surface area contributed by atoms with E-state index in [4.69, 9.17) is 4.74 Å². The summed E-state index contributed by atoms with van der Waals surface area (Å²) >= 11 is 0. The van der Waals surface area contributed by atoms with Gasteiger partial charge in [0.2, 0.25) is 0 Å². The Hall–Kier alpha value is -1.31. The van der Waals surface area contributed by atoms with Crippen molar-refractivity contribution in [3.05, 3.63) is 35.9 Å². The summed E-state index contributed by atoms with van der Waals surface area (Å²) in [5, 5.41) is 0. The lowest BCUT2D eigenvalue weighted by Gasteiger charge is -2.35. The molecule has 0 aliphatic rings. The van der Waals surface area contributed by atoms with Gasteiger partial charge in [-0.25, -0.2) is 0 Å². The van der Waals surface area contributed by atoms with E-state index in [0.717, 1.165) is 24.8 Å². The molecule has 0 radical (unpaired) electrons. The summed E-state index contributed by atoms with van der Waals surface area (Å²) in [5.74, 6) is 0.809. The van der Waals surface area contributed by atoms with Crippen molar-refractivity contribution in [2.24, 2.45) is 17.3 Å². The Morgan fingerprint density at radius 3 is 2.29 bits per heavy atom. The number of carbonyl (C=O) groups is 1. The fourth-order valence-corrected chi connectivity index (χ4v) is 2.69. The number of hydrogen-bond donors (Lipinski definition) is 0. The zero-order valence-electron chi connectivity index (χ0n) is 14.2. The summed E-state index contributed by atoms with van der Waals surface area (Å²) in [4.78, 5) is 12.7. The van der Waals surface area contributed by atoms with Gasteiger partial charge in [-0.15, -0.1) is 0 Å². The van der Waals surface area contributed by atoms with Gasteiger partial charge in [-0.05, 0) is 30.7 Å². The number of carbonyl (C=O) groups excluding carboxylic acids is 1. The summed E-state index contributed by atoms with van der Waals surface area (Å²) < 4.78 is 5.62. The monoisotopic (exact) mass is 290 g/mol. The van der Waals surface area contributed by atoms with E-state index in [-0.39, 0.29) is 11.4 Å². The molecule has 1 aromatic rings. The third kappa shape index (κ3) is 4.87. The van der Waals surface area contributed by atoms with Crippen molar-refractivity contribution in [1.82, 2.24) is 0 Å². The third-order valence-electron chi connectivity index (χ3n) is 4.85. The molecule has 2 nitrogen and oxygen atoms in total. The standard InChI is InChI=1S/C19H30O2/c1-6-15(3)13-19(5,16(4)7-2)18(20)21-14-17-11-9-8-10-12-17/h8-12,15-16H,6-7,13-14H2,1-5H3. The first-order valence-electron chi connectivity index (χ1n) is 8.15. The number of benzene rings is 1. The van der Waals surface area contributed by atoms with E-state index in [9.17, 15) is 4.79 Å². The summed E-state index contributed by atoms with van der Waals surface area (Å²) in [7, 11) is 0. The molecule has 0 N–H and O–H groups in total.